The molecular weight excluding hydrogens is 673 g/mol. The van der Waals surface area contributed by atoms with E-state index in [0.717, 1.165) is 62.3 Å². The van der Waals surface area contributed by atoms with Crippen molar-refractivity contribution in [1.82, 2.24) is 24.6 Å². The van der Waals surface area contributed by atoms with E-state index in [1.165, 1.54) is 23.5 Å². The fourth-order valence-electron chi connectivity index (χ4n) is 6.94. The molecule has 4 aromatic heterocycles. The number of benzene rings is 2. The number of rotatable bonds is 3. The molecule has 2 aliphatic rings. The quantitative estimate of drug-likeness (QED) is 0.177. The summed E-state index contributed by atoms with van der Waals surface area (Å²) < 4.78 is 51.9. The van der Waals surface area contributed by atoms with Crippen LogP contribution in [0.15, 0.2) is 66.8 Å². The minimum Gasteiger partial charge on any atom is -0.493 e. The third-order valence-corrected chi connectivity index (χ3v) is 10.4. The topological polar surface area (TPSA) is 91.6 Å². The first-order valence-electron chi connectivity index (χ1n) is 16.9. The van der Waals surface area contributed by atoms with Crippen LogP contribution in [0.25, 0.3) is 43.4 Å². The van der Waals surface area contributed by atoms with Gasteiger partial charge in [0.05, 0.1) is 41.9 Å². The van der Waals surface area contributed by atoms with E-state index >= 15 is 4.39 Å². The van der Waals surface area contributed by atoms with Gasteiger partial charge in [0.25, 0.3) is 0 Å². The molecule has 2 aromatic carbocycles. The maximum atomic E-state index is 16.2. The third kappa shape index (κ3) is 6.34. The molecule has 0 atom stereocenters. The van der Waals surface area contributed by atoms with Crippen LogP contribution in [0.4, 0.5) is 8.78 Å². The van der Waals surface area contributed by atoms with Crippen LogP contribution >= 0.6 is 11.3 Å². The zero-order valence-electron chi connectivity index (χ0n) is 28.1. The van der Waals surface area contributed by atoms with Crippen molar-refractivity contribution in [2.45, 2.75) is 32.2 Å². The average Bonchev–Trinajstić information content (AvgIpc) is 3.76. The first-order valence-corrected chi connectivity index (χ1v) is 17.8. The predicted octanol–water partition coefficient (Wildman–Crippen LogP) is 7.42. The Morgan fingerprint density at radius 3 is 2.76 bits per heavy atom. The molecule has 0 N–H and O–H groups in total. The van der Waals surface area contributed by atoms with Crippen LogP contribution in [0.1, 0.15) is 35.4 Å². The molecule has 8 rings (SSSR count). The van der Waals surface area contributed by atoms with Crippen LogP contribution < -0.4 is 9.47 Å². The number of hydrogen-bond donors (Lipinski definition) is 0. The highest BCUT2D eigenvalue weighted by Gasteiger charge is 2.27. The lowest BCUT2D eigenvalue weighted by Gasteiger charge is -2.27. The number of fused-ring (bicyclic) bond motifs is 6. The van der Waals surface area contributed by atoms with E-state index in [2.05, 4.69) is 11.7 Å². The molecule has 12 heteroatoms. The molecule has 9 nitrogen and oxygen atoms in total. The van der Waals surface area contributed by atoms with Crippen molar-refractivity contribution in [2.75, 3.05) is 33.0 Å². The number of pyridine rings is 2. The van der Waals surface area contributed by atoms with Crippen LogP contribution in [0.2, 0.25) is 0 Å². The van der Waals surface area contributed by atoms with Gasteiger partial charge in [-0.2, -0.15) is 5.10 Å². The summed E-state index contributed by atoms with van der Waals surface area (Å²) in [4.78, 5) is 24.3. The van der Waals surface area contributed by atoms with E-state index < -0.39 is 11.6 Å². The number of hydrogen-bond acceptors (Lipinski definition) is 8. The SMILES string of the molecule is C=CC(=O)N1CCc2ncc(Cc3nc4c5ccsc5c3-c3c(F)cc(F)cc3OCCOCCCCOc3cc5c(cnn5C)cc3-4)cc2C1. The summed E-state index contributed by atoms with van der Waals surface area (Å²) in [5.41, 5.74) is 6.30. The van der Waals surface area contributed by atoms with Gasteiger partial charge in [-0.3, -0.25) is 19.4 Å². The van der Waals surface area contributed by atoms with Crippen molar-refractivity contribution in [3.8, 4) is 33.9 Å². The lowest BCUT2D eigenvalue weighted by molar-refractivity contribution is -0.126. The Balaban J connectivity index is 1.36. The Hall–Kier alpha value is -5.20. The molecule has 0 saturated heterocycles. The zero-order valence-corrected chi connectivity index (χ0v) is 28.9. The van der Waals surface area contributed by atoms with Gasteiger partial charge in [-0.05, 0) is 47.6 Å². The van der Waals surface area contributed by atoms with E-state index in [0.29, 0.717) is 55.4 Å². The van der Waals surface area contributed by atoms with Gasteiger partial charge in [-0.15, -0.1) is 11.3 Å². The standard InChI is InChI=1S/C39H35F2N5O4S/c1-3-35(47)46-8-6-30-25(22-46)14-23(20-42-30)15-31-37-36-29(41)17-26(40)18-34(36)50-12-11-48-9-4-5-10-49-33-19-32-24(21-43-45(32)2)16-28(33)38(44-31)27-7-13-51-39(27)37/h3,7,13-14,16-21H,1,4-6,8-12,15,22H2,2H3. The van der Waals surface area contributed by atoms with Crippen molar-refractivity contribution in [2.24, 2.45) is 7.05 Å². The second kappa shape index (κ2) is 13.8. The molecule has 260 valence electrons. The molecule has 0 aliphatic carbocycles. The first kappa shape index (κ1) is 33.0. The lowest BCUT2D eigenvalue weighted by atomic mass is 9.94. The fourth-order valence-corrected chi connectivity index (χ4v) is 7.91. The molecule has 6 heterocycles. The van der Waals surface area contributed by atoms with E-state index in [4.69, 9.17) is 24.2 Å². The summed E-state index contributed by atoms with van der Waals surface area (Å²) in [6, 6.07) is 10.1. The Kier molecular flexibility index (Phi) is 8.95. The maximum absolute atomic E-state index is 16.2. The Labute approximate surface area is 297 Å². The van der Waals surface area contributed by atoms with Crippen molar-refractivity contribution in [1.29, 1.82) is 0 Å². The summed E-state index contributed by atoms with van der Waals surface area (Å²) in [5.74, 6) is -0.886. The highest BCUT2D eigenvalue weighted by molar-refractivity contribution is 7.17. The van der Waals surface area contributed by atoms with Crippen LogP contribution in [-0.2, 0) is 36.0 Å². The van der Waals surface area contributed by atoms with Crippen LogP contribution in [0.3, 0.4) is 0 Å². The van der Waals surface area contributed by atoms with Crippen molar-refractivity contribution < 1.29 is 27.8 Å². The second-order valence-corrected chi connectivity index (χ2v) is 13.7. The molecule has 0 radical (unpaired) electrons. The van der Waals surface area contributed by atoms with Crippen molar-refractivity contribution in [3.05, 3.63) is 101 Å². The van der Waals surface area contributed by atoms with E-state index in [1.807, 2.05) is 53.8 Å². The molecule has 2 bridgehead atoms. The third-order valence-electron chi connectivity index (χ3n) is 9.43. The number of ether oxygens (including phenoxy) is 3. The highest BCUT2D eigenvalue weighted by atomic mass is 32.1. The van der Waals surface area contributed by atoms with Gasteiger partial charge in [-0.25, -0.2) is 8.78 Å². The molecule has 0 unspecified atom stereocenters. The minimum atomic E-state index is -0.753. The maximum Gasteiger partial charge on any atom is 0.246 e. The number of carbonyl (C=O) groups excluding carboxylic acids is 1. The second-order valence-electron chi connectivity index (χ2n) is 12.7. The Morgan fingerprint density at radius 1 is 1.02 bits per heavy atom. The first-order chi connectivity index (χ1) is 24.9. The number of aromatic nitrogens is 4. The van der Waals surface area contributed by atoms with Gasteiger partial charge in [0, 0.05) is 96.3 Å². The molecule has 0 fully saturated rings. The number of halogens is 2. The van der Waals surface area contributed by atoms with Gasteiger partial charge >= 0.3 is 0 Å². The van der Waals surface area contributed by atoms with E-state index in [9.17, 15) is 9.18 Å². The van der Waals surface area contributed by atoms with Gasteiger partial charge in [0.2, 0.25) is 5.91 Å². The van der Waals surface area contributed by atoms with Crippen LogP contribution in [-0.4, -0.2) is 63.5 Å². The molecule has 6 aromatic rings. The summed E-state index contributed by atoms with van der Waals surface area (Å²) in [5, 5.41) is 8.15. The molecule has 0 spiro atoms. The van der Waals surface area contributed by atoms with Gasteiger partial charge in [-0.1, -0.05) is 12.6 Å². The fraction of sp³-hybridized carbons (Fsp3) is 0.282. The largest absolute Gasteiger partial charge is 0.493 e. The Bertz CT molecular complexity index is 2320. The zero-order chi connectivity index (χ0) is 35.1. The van der Waals surface area contributed by atoms with Gasteiger partial charge in [0.15, 0.2) is 0 Å². The highest BCUT2D eigenvalue weighted by Crippen LogP contribution is 2.46. The summed E-state index contributed by atoms with van der Waals surface area (Å²) in [6.45, 7) is 5.96. The van der Waals surface area contributed by atoms with Crippen LogP contribution in [0.5, 0.6) is 11.5 Å². The molecular formula is C39H35F2N5O4S. The Morgan fingerprint density at radius 2 is 1.88 bits per heavy atom. The number of carbonyl (C=O) groups is 1. The minimum absolute atomic E-state index is 0.0777. The average molecular weight is 708 g/mol. The number of nitrogens with zero attached hydrogens (tertiary/aromatic N) is 5. The normalized spacial score (nSPS) is 15.1. The summed E-state index contributed by atoms with van der Waals surface area (Å²) in [6.07, 6.45) is 7.38. The molecule has 2 aliphatic heterocycles. The smallest absolute Gasteiger partial charge is 0.246 e. The van der Waals surface area contributed by atoms with E-state index in [-0.39, 0.29) is 36.9 Å². The molecule has 51 heavy (non-hydrogen) atoms. The number of amides is 1. The predicted molar refractivity (Wildman–Crippen MR) is 192 cm³/mol. The lowest BCUT2D eigenvalue weighted by Crippen LogP contribution is -2.35. The van der Waals surface area contributed by atoms with Crippen molar-refractivity contribution in [3.63, 3.8) is 0 Å². The van der Waals surface area contributed by atoms with Gasteiger partial charge < -0.3 is 19.1 Å². The van der Waals surface area contributed by atoms with Gasteiger partial charge in [0.1, 0.15) is 29.7 Å². The molecule has 1 amide bonds. The summed E-state index contributed by atoms with van der Waals surface area (Å²) in [7, 11) is 1.89. The number of thiophene rings is 1. The monoisotopic (exact) mass is 707 g/mol. The number of aryl methyl sites for hydroxylation is 1. The molecule has 0 saturated carbocycles. The van der Waals surface area contributed by atoms with Crippen molar-refractivity contribution >= 4 is 38.2 Å². The summed E-state index contributed by atoms with van der Waals surface area (Å²) >= 11 is 1.46. The van der Waals surface area contributed by atoms with E-state index in [1.54, 1.807) is 4.90 Å². The van der Waals surface area contributed by atoms with Crippen LogP contribution in [0, 0.1) is 11.6 Å².